The molecule has 3 aromatic carbocycles. The molecule has 1 atom stereocenters. The highest BCUT2D eigenvalue weighted by Crippen LogP contribution is 2.30. The van der Waals surface area contributed by atoms with Gasteiger partial charge in [0.1, 0.15) is 12.4 Å². The van der Waals surface area contributed by atoms with Gasteiger partial charge in [0, 0.05) is 11.0 Å². The summed E-state index contributed by atoms with van der Waals surface area (Å²) in [4.78, 5) is 36.3. The van der Waals surface area contributed by atoms with E-state index in [2.05, 4.69) is 42.6 Å². The maximum Gasteiger partial charge on any atom is 0.319 e. The molecule has 0 amide bonds. The predicted octanol–water partition coefficient (Wildman–Crippen LogP) is 6.60. The van der Waals surface area contributed by atoms with Crippen molar-refractivity contribution in [3.05, 3.63) is 76.9 Å². The van der Waals surface area contributed by atoms with E-state index in [1.807, 2.05) is 52.0 Å². The van der Waals surface area contributed by atoms with E-state index in [1.165, 1.54) is 11.1 Å². The Morgan fingerprint density at radius 1 is 0.900 bits per heavy atom. The molecule has 0 aliphatic rings. The van der Waals surface area contributed by atoms with Crippen molar-refractivity contribution in [2.75, 3.05) is 26.3 Å². The highest BCUT2D eigenvalue weighted by Gasteiger charge is 2.22. The topological polar surface area (TPSA) is 81.7 Å². The minimum Gasteiger partial charge on any atom is -0.486 e. The molecule has 40 heavy (non-hydrogen) atoms. The monoisotopic (exact) mass is 545 g/mol. The van der Waals surface area contributed by atoms with Crippen molar-refractivity contribution in [3.8, 4) is 5.75 Å². The van der Waals surface area contributed by atoms with Gasteiger partial charge in [0.05, 0.1) is 19.7 Å². The van der Waals surface area contributed by atoms with E-state index in [-0.39, 0.29) is 37.2 Å². The third-order valence-electron chi connectivity index (χ3n) is 7.23. The van der Waals surface area contributed by atoms with Gasteiger partial charge in [-0.05, 0) is 78.6 Å². The molecule has 0 bridgehead atoms. The average Bonchev–Trinajstić information content (AvgIpc) is 2.92. The molecule has 6 heteroatoms. The first-order valence-corrected chi connectivity index (χ1v) is 14.2. The number of Topliss-reactive ketones (excluding diaryl/α,β-unsaturated/α-hetero) is 2. The SMILES string of the molecule is CCOC(=O)CNCC(=O)c1ccc2cc(C(CC)CCc3ccc(OCC(=O)C(C)(C)C)c(C)c3)ccc2c1. The number of carbonyl (C=O) groups is 3. The smallest absolute Gasteiger partial charge is 0.319 e. The summed E-state index contributed by atoms with van der Waals surface area (Å²) in [6.07, 6.45) is 3.00. The van der Waals surface area contributed by atoms with Gasteiger partial charge in [-0.25, -0.2) is 0 Å². The summed E-state index contributed by atoms with van der Waals surface area (Å²) >= 11 is 0. The molecule has 0 aliphatic heterocycles. The molecule has 1 N–H and O–H groups in total. The number of hydrogen-bond donors (Lipinski definition) is 1. The van der Waals surface area contributed by atoms with Crippen LogP contribution in [0.3, 0.4) is 0 Å². The minimum atomic E-state index is -0.407. The summed E-state index contributed by atoms with van der Waals surface area (Å²) in [6, 6.07) is 18.5. The number of aryl methyl sites for hydroxylation is 2. The third kappa shape index (κ3) is 8.75. The molecule has 0 fully saturated rings. The number of fused-ring (bicyclic) bond motifs is 1. The molecule has 0 aliphatic carbocycles. The Labute approximate surface area is 238 Å². The van der Waals surface area contributed by atoms with Crippen LogP contribution in [0.2, 0.25) is 0 Å². The zero-order valence-electron chi connectivity index (χ0n) is 24.8. The van der Waals surface area contributed by atoms with Crippen molar-refractivity contribution in [2.45, 2.75) is 66.7 Å². The molecule has 0 heterocycles. The molecule has 0 saturated carbocycles. The van der Waals surface area contributed by atoms with E-state index >= 15 is 0 Å². The second-order valence-corrected chi connectivity index (χ2v) is 11.4. The molecule has 0 spiro atoms. The van der Waals surface area contributed by atoms with Crippen LogP contribution < -0.4 is 10.1 Å². The number of ether oxygens (including phenoxy) is 2. The quantitative estimate of drug-likeness (QED) is 0.181. The number of nitrogens with one attached hydrogen (secondary N) is 1. The van der Waals surface area contributed by atoms with E-state index in [1.54, 1.807) is 6.92 Å². The van der Waals surface area contributed by atoms with Gasteiger partial charge >= 0.3 is 5.97 Å². The normalized spacial score (nSPS) is 12.2. The lowest BCUT2D eigenvalue weighted by molar-refractivity contribution is -0.141. The van der Waals surface area contributed by atoms with Crippen LogP contribution >= 0.6 is 0 Å². The molecule has 1 unspecified atom stereocenters. The van der Waals surface area contributed by atoms with Crippen molar-refractivity contribution < 1.29 is 23.9 Å². The van der Waals surface area contributed by atoms with Crippen molar-refractivity contribution >= 4 is 28.3 Å². The second kappa shape index (κ2) is 14.2. The fraction of sp³-hybridized carbons (Fsp3) is 0.441. The second-order valence-electron chi connectivity index (χ2n) is 11.4. The van der Waals surface area contributed by atoms with E-state index in [0.29, 0.717) is 18.1 Å². The van der Waals surface area contributed by atoms with Gasteiger partial charge in [0.15, 0.2) is 11.6 Å². The number of esters is 1. The Morgan fingerprint density at radius 3 is 2.30 bits per heavy atom. The number of hydrogen-bond acceptors (Lipinski definition) is 6. The number of rotatable bonds is 14. The molecule has 0 aromatic heterocycles. The molecule has 3 aromatic rings. The van der Waals surface area contributed by atoms with Gasteiger partial charge < -0.3 is 9.47 Å². The molecule has 0 radical (unpaired) electrons. The van der Waals surface area contributed by atoms with Gasteiger partial charge in [0.25, 0.3) is 0 Å². The zero-order chi connectivity index (χ0) is 29.3. The summed E-state index contributed by atoms with van der Waals surface area (Å²) in [7, 11) is 0. The van der Waals surface area contributed by atoms with Gasteiger partial charge in [-0.2, -0.15) is 0 Å². The first-order chi connectivity index (χ1) is 19.0. The summed E-state index contributed by atoms with van der Waals surface area (Å²) in [5, 5.41) is 4.98. The van der Waals surface area contributed by atoms with Gasteiger partial charge in [-0.15, -0.1) is 0 Å². The van der Waals surface area contributed by atoms with Crippen LogP contribution in [0, 0.1) is 12.3 Å². The largest absolute Gasteiger partial charge is 0.486 e. The molecular weight excluding hydrogens is 502 g/mol. The third-order valence-corrected chi connectivity index (χ3v) is 7.23. The van der Waals surface area contributed by atoms with E-state index < -0.39 is 5.41 Å². The van der Waals surface area contributed by atoms with Crippen molar-refractivity contribution in [1.82, 2.24) is 5.32 Å². The summed E-state index contributed by atoms with van der Waals surface area (Å²) in [5.41, 5.74) is 3.80. The van der Waals surface area contributed by atoms with Crippen LogP contribution in [-0.2, 0) is 20.7 Å². The molecule has 214 valence electrons. The average molecular weight is 546 g/mol. The molecule has 3 rings (SSSR count). The Morgan fingerprint density at radius 2 is 1.62 bits per heavy atom. The summed E-state index contributed by atoms with van der Waals surface area (Å²) in [5.74, 6) is 0.837. The molecule has 6 nitrogen and oxygen atoms in total. The van der Waals surface area contributed by atoms with Crippen molar-refractivity contribution in [3.63, 3.8) is 0 Å². The van der Waals surface area contributed by atoms with Crippen molar-refractivity contribution in [2.24, 2.45) is 5.41 Å². The molecule has 0 saturated heterocycles. The first-order valence-electron chi connectivity index (χ1n) is 14.2. The fourth-order valence-corrected chi connectivity index (χ4v) is 4.62. The number of benzene rings is 3. The Kier molecular flexibility index (Phi) is 11.0. The first kappa shape index (κ1) is 31.0. The van der Waals surface area contributed by atoms with Gasteiger partial charge in [-0.1, -0.05) is 70.2 Å². The Balaban J connectivity index is 1.60. The lowest BCUT2D eigenvalue weighted by Gasteiger charge is -2.18. The number of carbonyl (C=O) groups excluding carboxylic acids is 3. The van der Waals surface area contributed by atoms with Crippen LogP contribution in [-0.4, -0.2) is 43.8 Å². The van der Waals surface area contributed by atoms with Crippen LogP contribution in [0.4, 0.5) is 0 Å². The maximum absolute atomic E-state index is 12.6. The highest BCUT2D eigenvalue weighted by atomic mass is 16.5. The predicted molar refractivity (Wildman–Crippen MR) is 160 cm³/mol. The van der Waals surface area contributed by atoms with Crippen LogP contribution in [0.15, 0.2) is 54.6 Å². The van der Waals surface area contributed by atoms with E-state index in [9.17, 15) is 14.4 Å². The van der Waals surface area contributed by atoms with Crippen molar-refractivity contribution in [1.29, 1.82) is 0 Å². The fourth-order valence-electron chi connectivity index (χ4n) is 4.62. The van der Waals surface area contributed by atoms with Gasteiger partial charge in [0.2, 0.25) is 0 Å². The van der Waals surface area contributed by atoms with E-state index in [0.717, 1.165) is 41.3 Å². The zero-order valence-corrected chi connectivity index (χ0v) is 24.8. The van der Waals surface area contributed by atoms with E-state index in [4.69, 9.17) is 9.47 Å². The summed E-state index contributed by atoms with van der Waals surface area (Å²) in [6.45, 7) is 12.2. The van der Waals surface area contributed by atoms with Gasteiger partial charge in [-0.3, -0.25) is 19.7 Å². The lowest BCUT2D eigenvalue weighted by Crippen LogP contribution is -2.29. The lowest BCUT2D eigenvalue weighted by atomic mass is 9.88. The Hall–Kier alpha value is -3.51. The maximum atomic E-state index is 12.6. The van der Waals surface area contributed by atoms with Crippen LogP contribution in [0.25, 0.3) is 10.8 Å². The summed E-state index contributed by atoms with van der Waals surface area (Å²) < 4.78 is 10.7. The Bertz CT molecular complexity index is 1340. The standard InChI is InChI=1S/C34H43NO5/c1-7-25(11-9-24-10-16-31(23(3)17-24)40-22-32(37)34(4,5)6)26-12-13-28-19-29(15-14-27(28)18-26)30(36)20-35-21-33(38)39-8-2/h10,12-19,25,35H,7-9,11,20-22H2,1-6H3. The van der Waals surface area contributed by atoms with Crippen LogP contribution in [0.1, 0.15) is 80.4 Å². The minimum absolute atomic E-state index is 0.0187. The van der Waals surface area contributed by atoms with Crippen LogP contribution in [0.5, 0.6) is 5.75 Å². The number of ketones is 2. The molecular formula is C34H43NO5. The highest BCUT2D eigenvalue weighted by molar-refractivity contribution is 6.01.